The lowest BCUT2D eigenvalue weighted by atomic mass is 10.4. The summed E-state index contributed by atoms with van der Waals surface area (Å²) >= 11 is 0. The Hall–Kier alpha value is -2.74. The van der Waals surface area contributed by atoms with E-state index >= 15 is 0 Å². The molecule has 0 unspecified atom stereocenters. The van der Waals surface area contributed by atoms with Crippen LogP contribution in [0.2, 0.25) is 0 Å². The normalized spacial score (nSPS) is 10.5. The number of nitrogens with zero attached hydrogens (tertiary/aromatic N) is 3. The molecule has 0 atom stereocenters. The van der Waals surface area contributed by atoms with E-state index in [1.165, 1.54) is 0 Å². The van der Waals surface area contributed by atoms with Gasteiger partial charge in [0.05, 0.1) is 6.61 Å². The van der Waals surface area contributed by atoms with Crippen LogP contribution in [-0.2, 0) is 20.9 Å². The van der Waals surface area contributed by atoms with E-state index in [0.29, 0.717) is 18.8 Å². The van der Waals surface area contributed by atoms with Crippen molar-refractivity contribution in [2.75, 3.05) is 13.2 Å². The number of carbonyl (C=O) groups is 2. The molecule has 0 aliphatic rings. The van der Waals surface area contributed by atoms with E-state index in [-0.39, 0.29) is 0 Å². The number of imidazole rings is 1. The molecule has 0 fully saturated rings. The standard InChI is InChI=1S/C11H15N3O.C4H4O4/c1-3-15-8-7-14-9(2)13-10-5-4-6-12-11(10)14;5-3(6)1-2-4(7)8/h4-6H,3,7-8H2,1-2H3;1-2H,(H,5,6)(H,7,8)/b;2-1+. The zero-order chi connectivity index (χ0) is 17.2. The molecule has 0 bridgehead atoms. The van der Waals surface area contributed by atoms with Gasteiger partial charge in [0, 0.05) is 31.5 Å². The van der Waals surface area contributed by atoms with Gasteiger partial charge in [-0.3, -0.25) is 0 Å². The van der Waals surface area contributed by atoms with Crippen molar-refractivity contribution in [2.45, 2.75) is 20.4 Å². The van der Waals surface area contributed by atoms with Crippen molar-refractivity contribution >= 4 is 23.1 Å². The Morgan fingerprint density at radius 1 is 1.30 bits per heavy atom. The average molecular weight is 321 g/mol. The van der Waals surface area contributed by atoms with Crippen LogP contribution in [0.1, 0.15) is 12.7 Å². The van der Waals surface area contributed by atoms with Crippen molar-refractivity contribution in [1.82, 2.24) is 14.5 Å². The second-order valence-corrected chi connectivity index (χ2v) is 4.36. The Bertz CT molecular complexity index is 677. The Morgan fingerprint density at radius 2 is 1.96 bits per heavy atom. The first-order valence-electron chi connectivity index (χ1n) is 6.95. The van der Waals surface area contributed by atoms with Gasteiger partial charge in [0.25, 0.3) is 0 Å². The second kappa shape index (κ2) is 9.31. The summed E-state index contributed by atoms with van der Waals surface area (Å²) in [5.41, 5.74) is 1.89. The molecule has 2 aromatic heterocycles. The van der Waals surface area contributed by atoms with Gasteiger partial charge in [-0.25, -0.2) is 19.6 Å². The number of aryl methyl sites for hydroxylation is 1. The molecule has 0 aliphatic heterocycles. The third kappa shape index (κ3) is 6.27. The Kier molecular flexibility index (Phi) is 7.41. The largest absolute Gasteiger partial charge is 0.478 e. The highest BCUT2D eigenvalue weighted by atomic mass is 16.5. The van der Waals surface area contributed by atoms with E-state index < -0.39 is 11.9 Å². The molecule has 124 valence electrons. The van der Waals surface area contributed by atoms with E-state index in [9.17, 15) is 9.59 Å². The molecule has 0 saturated carbocycles. The summed E-state index contributed by atoms with van der Waals surface area (Å²) in [6.07, 6.45) is 2.91. The van der Waals surface area contributed by atoms with Gasteiger partial charge in [-0.05, 0) is 26.0 Å². The van der Waals surface area contributed by atoms with Crippen LogP contribution in [0.25, 0.3) is 11.2 Å². The first-order chi connectivity index (χ1) is 11.0. The van der Waals surface area contributed by atoms with Crippen LogP contribution in [-0.4, -0.2) is 49.9 Å². The topological polar surface area (TPSA) is 115 Å². The number of carboxylic acid groups (broad SMARTS) is 2. The van der Waals surface area contributed by atoms with Crippen molar-refractivity contribution in [3.63, 3.8) is 0 Å². The maximum Gasteiger partial charge on any atom is 0.328 e. The minimum atomic E-state index is -1.26. The second-order valence-electron chi connectivity index (χ2n) is 4.36. The van der Waals surface area contributed by atoms with Gasteiger partial charge in [0.2, 0.25) is 0 Å². The van der Waals surface area contributed by atoms with Gasteiger partial charge in [-0.2, -0.15) is 0 Å². The lowest BCUT2D eigenvalue weighted by Crippen LogP contribution is -2.07. The highest BCUT2D eigenvalue weighted by Gasteiger charge is 2.06. The fourth-order valence-electron chi connectivity index (χ4n) is 1.78. The Labute approximate surface area is 133 Å². The van der Waals surface area contributed by atoms with Crippen molar-refractivity contribution in [3.05, 3.63) is 36.3 Å². The number of carboxylic acids is 2. The lowest BCUT2D eigenvalue weighted by Gasteiger charge is -2.05. The molecule has 2 rings (SSSR count). The molecule has 2 aromatic rings. The quantitative estimate of drug-likeness (QED) is 0.612. The monoisotopic (exact) mass is 321 g/mol. The summed E-state index contributed by atoms with van der Waals surface area (Å²) in [5, 5.41) is 15.6. The van der Waals surface area contributed by atoms with Gasteiger partial charge in [-0.1, -0.05) is 0 Å². The maximum atomic E-state index is 9.55. The first kappa shape index (κ1) is 18.3. The molecular formula is C15H19N3O5. The van der Waals surface area contributed by atoms with Crippen molar-refractivity contribution in [1.29, 1.82) is 0 Å². The summed E-state index contributed by atoms with van der Waals surface area (Å²) in [5.74, 6) is -1.52. The summed E-state index contributed by atoms with van der Waals surface area (Å²) in [4.78, 5) is 27.9. The number of rotatable bonds is 6. The number of fused-ring (bicyclic) bond motifs is 1. The van der Waals surface area contributed by atoms with Gasteiger partial charge >= 0.3 is 11.9 Å². The molecular weight excluding hydrogens is 302 g/mol. The zero-order valence-electron chi connectivity index (χ0n) is 13.0. The van der Waals surface area contributed by atoms with Gasteiger partial charge in [0.1, 0.15) is 11.3 Å². The molecule has 8 nitrogen and oxygen atoms in total. The maximum absolute atomic E-state index is 9.55. The summed E-state index contributed by atoms with van der Waals surface area (Å²) < 4.78 is 7.42. The molecule has 0 aromatic carbocycles. The van der Waals surface area contributed by atoms with Crippen molar-refractivity contribution in [2.24, 2.45) is 0 Å². The summed E-state index contributed by atoms with van der Waals surface area (Å²) in [6, 6.07) is 3.88. The van der Waals surface area contributed by atoms with Crippen LogP contribution in [0.15, 0.2) is 30.5 Å². The molecule has 8 heteroatoms. The van der Waals surface area contributed by atoms with Crippen molar-refractivity contribution < 1.29 is 24.5 Å². The molecule has 23 heavy (non-hydrogen) atoms. The molecule has 0 amide bonds. The van der Waals surface area contributed by atoms with E-state index in [1.54, 1.807) is 6.20 Å². The SMILES string of the molecule is CCOCCn1c(C)nc2cccnc21.O=C(O)/C=C/C(=O)O. The van der Waals surface area contributed by atoms with Crippen LogP contribution in [0, 0.1) is 6.92 Å². The fraction of sp³-hybridized carbons (Fsp3) is 0.333. The van der Waals surface area contributed by atoms with Crippen LogP contribution in [0.5, 0.6) is 0 Å². The first-order valence-corrected chi connectivity index (χ1v) is 6.95. The Morgan fingerprint density at radius 3 is 2.52 bits per heavy atom. The highest BCUT2D eigenvalue weighted by molar-refractivity contribution is 5.89. The van der Waals surface area contributed by atoms with Crippen LogP contribution in [0.3, 0.4) is 0 Å². The predicted molar refractivity (Wildman–Crippen MR) is 83.2 cm³/mol. The van der Waals surface area contributed by atoms with E-state index in [1.807, 2.05) is 26.0 Å². The minimum Gasteiger partial charge on any atom is -0.478 e. The predicted octanol–water partition coefficient (Wildman–Crippen LogP) is 1.49. The smallest absolute Gasteiger partial charge is 0.328 e. The third-order valence-corrected chi connectivity index (χ3v) is 2.73. The van der Waals surface area contributed by atoms with E-state index in [0.717, 1.165) is 30.1 Å². The number of pyridine rings is 1. The van der Waals surface area contributed by atoms with Gasteiger partial charge < -0.3 is 19.5 Å². The minimum absolute atomic E-state index is 0.558. The number of aliphatic carboxylic acids is 2. The number of aromatic nitrogens is 3. The molecule has 0 aliphatic carbocycles. The number of hydrogen-bond donors (Lipinski definition) is 2. The van der Waals surface area contributed by atoms with Gasteiger partial charge in [0.15, 0.2) is 5.65 Å². The van der Waals surface area contributed by atoms with E-state index in [2.05, 4.69) is 14.5 Å². The molecule has 0 saturated heterocycles. The molecule has 0 radical (unpaired) electrons. The lowest BCUT2D eigenvalue weighted by molar-refractivity contribution is -0.134. The Balaban J connectivity index is 0.000000284. The summed E-state index contributed by atoms with van der Waals surface area (Å²) in [7, 11) is 0. The van der Waals surface area contributed by atoms with Crippen molar-refractivity contribution in [3.8, 4) is 0 Å². The third-order valence-electron chi connectivity index (χ3n) is 2.73. The number of ether oxygens (including phenoxy) is 1. The molecule has 2 heterocycles. The van der Waals surface area contributed by atoms with Gasteiger partial charge in [-0.15, -0.1) is 0 Å². The molecule has 2 N–H and O–H groups in total. The molecule has 0 spiro atoms. The van der Waals surface area contributed by atoms with Crippen LogP contribution < -0.4 is 0 Å². The fourth-order valence-corrected chi connectivity index (χ4v) is 1.78. The highest BCUT2D eigenvalue weighted by Crippen LogP contribution is 2.12. The van der Waals surface area contributed by atoms with E-state index in [4.69, 9.17) is 14.9 Å². The average Bonchev–Trinajstić information content (AvgIpc) is 2.82. The number of hydrogen-bond acceptors (Lipinski definition) is 5. The zero-order valence-corrected chi connectivity index (χ0v) is 13.0. The summed E-state index contributed by atoms with van der Waals surface area (Å²) in [6.45, 7) is 6.26. The van der Waals surface area contributed by atoms with Crippen LogP contribution >= 0.6 is 0 Å². The van der Waals surface area contributed by atoms with Crippen LogP contribution in [0.4, 0.5) is 0 Å².